The summed E-state index contributed by atoms with van der Waals surface area (Å²) in [5.74, 6) is 0. The second-order valence-electron chi connectivity index (χ2n) is 23.1. The zero-order valence-corrected chi connectivity index (χ0v) is 41.3. The predicted molar refractivity (Wildman–Crippen MR) is 290 cm³/mol. The standard InChI is InChI=1S/C63H59BN2O2/c1-60(2,3)38-20-26-41(27-21-38)65(42-28-22-39(23-29-42)61(4,5)6)44-32-50-59-54(33-44)66(43-30-24-40(25-31-43)62(7,8)9)53-37-58-48(46-17-13-15-19-56(46)68-58)35-52(53)64(59)51-34-47-45-16-12-14-18-55(45)67-57(47)36-49(51)63(50,10)11/h12-37H,1-11H3. The number of hydrogen-bond donors (Lipinski definition) is 0. The average Bonchev–Trinajstić information content (AvgIpc) is 3.86. The number of para-hydroxylation sites is 2. The van der Waals surface area contributed by atoms with Gasteiger partial charge in [0.1, 0.15) is 22.3 Å². The molecule has 2 aliphatic heterocycles. The van der Waals surface area contributed by atoms with Crippen molar-refractivity contribution in [2.24, 2.45) is 0 Å². The first-order valence-corrected chi connectivity index (χ1v) is 24.4. The molecule has 0 aliphatic carbocycles. The summed E-state index contributed by atoms with van der Waals surface area (Å²) in [7, 11) is 0. The minimum atomic E-state index is -0.414. The number of anilines is 6. The molecule has 5 heteroatoms. The van der Waals surface area contributed by atoms with Crippen LogP contribution in [0.15, 0.2) is 167 Å². The number of hydrogen-bond acceptors (Lipinski definition) is 4. The van der Waals surface area contributed by atoms with E-state index in [1.807, 2.05) is 0 Å². The van der Waals surface area contributed by atoms with Gasteiger partial charge in [0.2, 0.25) is 6.71 Å². The molecule has 0 bridgehead atoms. The van der Waals surface area contributed by atoms with Crippen molar-refractivity contribution in [3.63, 3.8) is 0 Å². The van der Waals surface area contributed by atoms with Gasteiger partial charge < -0.3 is 18.6 Å². The van der Waals surface area contributed by atoms with Crippen LogP contribution in [0, 0.1) is 0 Å². The molecule has 2 aliphatic rings. The average molecular weight is 887 g/mol. The molecule has 0 saturated heterocycles. The van der Waals surface area contributed by atoms with Crippen LogP contribution in [0.3, 0.4) is 0 Å². The highest BCUT2D eigenvalue weighted by atomic mass is 16.3. The number of benzene rings is 8. The first kappa shape index (κ1) is 42.4. The maximum atomic E-state index is 6.76. The van der Waals surface area contributed by atoms with Gasteiger partial charge in [0.15, 0.2) is 0 Å². The molecular weight excluding hydrogens is 828 g/mol. The number of rotatable bonds is 4. The number of furan rings is 2. The molecule has 10 aromatic rings. The summed E-state index contributed by atoms with van der Waals surface area (Å²) in [5.41, 5.74) is 20.4. The molecule has 0 fully saturated rings. The Hall–Kier alpha value is -6.98. The Balaban J connectivity index is 1.20. The predicted octanol–water partition coefficient (Wildman–Crippen LogP) is 15.8. The molecule has 12 rings (SSSR count). The van der Waals surface area contributed by atoms with Gasteiger partial charge in [0.25, 0.3) is 0 Å². The monoisotopic (exact) mass is 886 g/mol. The summed E-state index contributed by atoms with van der Waals surface area (Å²) in [6.07, 6.45) is 0. The molecule has 0 spiro atoms. The van der Waals surface area contributed by atoms with E-state index >= 15 is 0 Å². The molecule has 68 heavy (non-hydrogen) atoms. The van der Waals surface area contributed by atoms with Crippen LogP contribution in [0.2, 0.25) is 0 Å². The normalized spacial score (nSPS) is 14.5. The summed E-state index contributed by atoms with van der Waals surface area (Å²) in [6, 6.07) is 59.2. The molecule has 4 heterocycles. The number of nitrogens with zero attached hydrogens (tertiary/aromatic N) is 2. The maximum Gasteiger partial charge on any atom is 0.247 e. The largest absolute Gasteiger partial charge is 0.456 e. The van der Waals surface area contributed by atoms with E-state index in [-0.39, 0.29) is 23.0 Å². The Morgan fingerprint density at radius 3 is 1.41 bits per heavy atom. The van der Waals surface area contributed by atoms with Crippen LogP contribution in [0.25, 0.3) is 43.9 Å². The Kier molecular flexibility index (Phi) is 9.05. The SMILES string of the molecule is CC(C)(C)c1ccc(N(c2ccc(C(C)(C)C)cc2)c2cc3c4c(c2)C(C)(C)c2cc5oc6ccccc6c5cc2B4c2cc4c(cc2N3c2ccc(C(C)(C)C)cc2)oc2ccccc24)cc1. The van der Waals surface area contributed by atoms with Gasteiger partial charge >= 0.3 is 0 Å². The molecule has 0 atom stereocenters. The summed E-state index contributed by atoms with van der Waals surface area (Å²) in [6.45, 7) is 25.3. The molecule has 0 amide bonds. The quantitative estimate of drug-likeness (QED) is 0.165. The highest BCUT2D eigenvalue weighted by Crippen LogP contribution is 2.49. The molecule has 0 unspecified atom stereocenters. The van der Waals surface area contributed by atoms with Crippen molar-refractivity contribution in [2.75, 3.05) is 9.80 Å². The van der Waals surface area contributed by atoms with Gasteiger partial charge in [-0.15, -0.1) is 0 Å². The van der Waals surface area contributed by atoms with E-state index in [9.17, 15) is 0 Å². The van der Waals surface area contributed by atoms with Gasteiger partial charge in [-0.3, -0.25) is 0 Å². The summed E-state index contributed by atoms with van der Waals surface area (Å²) >= 11 is 0. The van der Waals surface area contributed by atoms with Crippen LogP contribution < -0.4 is 26.2 Å². The van der Waals surface area contributed by atoms with E-state index in [0.717, 1.165) is 72.3 Å². The van der Waals surface area contributed by atoms with Crippen molar-refractivity contribution in [2.45, 2.75) is 97.8 Å². The fourth-order valence-corrected chi connectivity index (χ4v) is 11.3. The van der Waals surface area contributed by atoms with Crippen molar-refractivity contribution in [1.29, 1.82) is 0 Å². The molecule has 0 N–H and O–H groups in total. The maximum absolute atomic E-state index is 6.76. The smallest absolute Gasteiger partial charge is 0.247 e. The third-order valence-corrected chi connectivity index (χ3v) is 15.2. The highest BCUT2D eigenvalue weighted by molar-refractivity contribution is 6.99. The zero-order valence-electron chi connectivity index (χ0n) is 41.3. The van der Waals surface area contributed by atoms with E-state index in [4.69, 9.17) is 8.83 Å². The summed E-state index contributed by atoms with van der Waals surface area (Å²) in [5, 5.41) is 4.56. The van der Waals surface area contributed by atoms with Gasteiger partial charge in [0, 0.05) is 67.2 Å². The van der Waals surface area contributed by atoms with E-state index in [2.05, 4.69) is 244 Å². The van der Waals surface area contributed by atoms with Crippen LogP contribution in [0.5, 0.6) is 0 Å². The third-order valence-electron chi connectivity index (χ3n) is 15.2. The molecular formula is C63H59BN2O2. The highest BCUT2D eigenvalue weighted by Gasteiger charge is 2.47. The zero-order chi connectivity index (χ0) is 47.2. The molecule has 2 aromatic heterocycles. The van der Waals surface area contributed by atoms with Crippen molar-refractivity contribution < 1.29 is 8.83 Å². The van der Waals surface area contributed by atoms with E-state index in [1.165, 1.54) is 49.9 Å². The lowest BCUT2D eigenvalue weighted by Crippen LogP contribution is -2.64. The number of fused-ring (bicyclic) bond motifs is 10. The first-order chi connectivity index (χ1) is 32.3. The van der Waals surface area contributed by atoms with Crippen molar-refractivity contribution in [3.05, 3.63) is 186 Å². The fourth-order valence-electron chi connectivity index (χ4n) is 11.3. The summed E-state index contributed by atoms with van der Waals surface area (Å²) < 4.78 is 13.5. The van der Waals surface area contributed by atoms with Gasteiger partial charge in [0.05, 0.1) is 0 Å². The van der Waals surface area contributed by atoms with Crippen LogP contribution >= 0.6 is 0 Å². The lowest BCUT2D eigenvalue weighted by Gasteiger charge is -2.46. The van der Waals surface area contributed by atoms with E-state index in [0.29, 0.717) is 0 Å². The lowest BCUT2D eigenvalue weighted by molar-refractivity contribution is 0.590. The minimum Gasteiger partial charge on any atom is -0.456 e. The van der Waals surface area contributed by atoms with E-state index in [1.54, 1.807) is 0 Å². The van der Waals surface area contributed by atoms with Gasteiger partial charge in [-0.25, -0.2) is 0 Å². The van der Waals surface area contributed by atoms with Crippen LogP contribution in [-0.4, -0.2) is 6.71 Å². The van der Waals surface area contributed by atoms with Gasteiger partial charge in [-0.2, -0.15) is 0 Å². The topological polar surface area (TPSA) is 32.8 Å². The van der Waals surface area contributed by atoms with Crippen LogP contribution in [0.4, 0.5) is 34.1 Å². The van der Waals surface area contributed by atoms with Gasteiger partial charge in [-0.05, 0) is 122 Å². The summed E-state index contributed by atoms with van der Waals surface area (Å²) in [4.78, 5) is 5.00. The second-order valence-corrected chi connectivity index (χ2v) is 23.1. The Morgan fingerprint density at radius 1 is 0.426 bits per heavy atom. The van der Waals surface area contributed by atoms with Crippen molar-refractivity contribution in [3.8, 4) is 0 Å². The van der Waals surface area contributed by atoms with Crippen LogP contribution in [0.1, 0.15) is 104 Å². The first-order valence-electron chi connectivity index (χ1n) is 24.4. The molecule has 0 radical (unpaired) electrons. The molecule has 8 aromatic carbocycles. The second kappa shape index (κ2) is 14.5. The van der Waals surface area contributed by atoms with Crippen molar-refractivity contribution >= 4 is 101 Å². The minimum absolute atomic E-state index is 0.00482. The molecule has 336 valence electrons. The fraction of sp³-hybridized carbons (Fsp3) is 0.238. The Morgan fingerprint density at radius 2 is 0.897 bits per heavy atom. The molecule has 0 saturated carbocycles. The lowest BCUT2D eigenvalue weighted by atomic mass is 9.30. The van der Waals surface area contributed by atoms with Crippen LogP contribution in [-0.2, 0) is 21.7 Å². The van der Waals surface area contributed by atoms with E-state index < -0.39 is 5.41 Å². The third kappa shape index (κ3) is 6.49. The molecule has 4 nitrogen and oxygen atoms in total. The Labute approximate surface area is 401 Å². The van der Waals surface area contributed by atoms with Crippen molar-refractivity contribution in [1.82, 2.24) is 0 Å². The Bertz CT molecular complexity index is 3590. The van der Waals surface area contributed by atoms with Gasteiger partial charge in [-0.1, -0.05) is 167 Å².